The van der Waals surface area contributed by atoms with Gasteiger partial charge in [0.15, 0.2) is 5.82 Å². The number of rotatable bonds is 6. The van der Waals surface area contributed by atoms with E-state index in [1.54, 1.807) is 7.05 Å². The van der Waals surface area contributed by atoms with E-state index in [0.717, 1.165) is 30.8 Å². The van der Waals surface area contributed by atoms with Crippen LogP contribution in [0.2, 0.25) is 0 Å². The van der Waals surface area contributed by atoms with Crippen molar-refractivity contribution in [1.82, 2.24) is 25.5 Å². The summed E-state index contributed by atoms with van der Waals surface area (Å²) in [6.07, 6.45) is 3.25. The molecule has 3 rings (SSSR count). The van der Waals surface area contributed by atoms with Crippen LogP contribution in [0, 0.1) is 5.92 Å². The quantitative estimate of drug-likeness (QED) is 0.783. The molecule has 2 N–H and O–H groups in total. The van der Waals surface area contributed by atoms with Gasteiger partial charge in [-0.3, -0.25) is 0 Å². The summed E-state index contributed by atoms with van der Waals surface area (Å²) in [5.41, 5.74) is 3.29. The maximum absolute atomic E-state index is 12.7. The zero-order chi connectivity index (χ0) is 20.3. The molecular formula is C21H32N6O. The molecule has 0 saturated heterocycles. The normalized spacial score (nSPS) is 19.4. The second-order valence-electron chi connectivity index (χ2n) is 8.39. The van der Waals surface area contributed by atoms with Gasteiger partial charge in [-0.1, -0.05) is 52.3 Å². The number of aryl methyl sites for hydroxylation is 1. The Kier molecular flexibility index (Phi) is 6.31. The third-order valence-corrected chi connectivity index (χ3v) is 5.65. The predicted octanol–water partition coefficient (Wildman–Crippen LogP) is 4.16. The molecule has 7 nitrogen and oxygen atoms in total. The summed E-state index contributed by atoms with van der Waals surface area (Å²) in [5.74, 6) is 2.09. The van der Waals surface area contributed by atoms with Crippen molar-refractivity contribution in [3.05, 3.63) is 35.2 Å². The minimum atomic E-state index is -0.146. The number of para-hydroxylation sites is 1. The molecule has 2 atom stereocenters. The van der Waals surface area contributed by atoms with Crippen molar-refractivity contribution in [2.24, 2.45) is 13.0 Å². The van der Waals surface area contributed by atoms with Crippen LogP contribution in [0.15, 0.2) is 18.2 Å². The largest absolute Gasteiger partial charge is 0.338 e. The van der Waals surface area contributed by atoms with Crippen LogP contribution in [0.5, 0.6) is 0 Å². The first-order chi connectivity index (χ1) is 13.4. The lowest BCUT2D eigenvalue weighted by atomic mass is 9.92. The van der Waals surface area contributed by atoms with Crippen molar-refractivity contribution >= 4 is 11.7 Å². The lowest BCUT2D eigenvalue weighted by Crippen LogP contribution is -2.34. The Morgan fingerprint density at radius 1 is 1.18 bits per heavy atom. The van der Waals surface area contributed by atoms with Gasteiger partial charge in [0, 0.05) is 18.2 Å². The molecule has 1 saturated carbocycles. The maximum atomic E-state index is 12.7. The molecule has 0 bridgehead atoms. The molecular weight excluding hydrogens is 352 g/mol. The van der Waals surface area contributed by atoms with Gasteiger partial charge in [-0.2, -0.15) is 4.80 Å². The number of amides is 2. The number of nitrogens with one attached hydrogen (secondary N) is 2. The van der Waals surface area contributed by atoms with Crippen molar-refractivity contribution in [1.29, 1.82) is 0 Å². The molecule has 7 heteroatoms. The lowest BCUT2D eigenvalue weighted by molar-refractivity contribution is 0.249. The lowest BCUT2D eigenvalue weighted by Gasteiger charge is -2.21. The second-order valence-corrected chi connectivity index (χ2v) is 8.39. The number of carbonyl (C=O) groups is 1. The monoisotopic (exact) mass is 384 g/mol. The number of carbonyl (C=O) groups excluding carboxylic acids is 1. The van der Waals surface area contributed by atoms with Crippen LogP contribution in [0.4, 0.5) is 10.5 Å². The Balaban J connectivity index is 1.66. The maximum Gasteiger partial charge on any atom is 0.319 e. The fraction of sp³-hybridized carbons (Fsp3) is 0.619. The fourth-order valence-electron chi connectivity index (χ4n) is 4.15. The van der Waals surface area contributed by atoms with E-state index in [9.17, 15) is 4.79 Å². The van der Waals surface area contributed by atoms with Crippen LogP contribution < -0.4 is 10.6 Å². The highest BCUT2D eigenvalue weighted by atomic mass is 16.2. The Morgan fingerprint density at radius 3 is 2.43 bits per heavy atom. The summed E-state index contributed by atoms with van der Waals surface area (Å²) in [4.78, 5) is 14.2. The van der Waals surface area contributed by atoms with Crippen LogP contribution >= 0.6 is 0 Å². The molecule has 1 aliphatic rings. The Hall–Kier alpha value is -2.44. The van der Waals surface area contributed by atoms with Crippen LogP contribution in [-0.2, 0) is 7.05 Å². The molecule has 152 valence electrons. The van der Waals surface area contributed by atoms with Gasteiger partial charge in [-0.25, -0.2) is 4.79 Å². The number of nitrogens with zero attached hydrogens (tertiary/aromatic N) is 4. The van der Waals surface area contributed by atoms with E-state index in [1.807, 2.05) is 0 Å². The van der Waals surface area contributed by atoms with E-state index in [4.69, 9.17) is 0 Å². The number of hydrogen-bond donors (Lipinski definition) is 2. The first-order valence-corrected chi connectivity index (χ1v) is 10.3. The molecule has 2 unspecified atom stereocenters. The predicted molar refractivity (Wildman–Crippen MR) is 111 cm³/mol. The minimum Gasteiger partial charge on any atom is -0.338 e. The Morgan fingerprint density at radius 2 is 1.86 bits per heavy atom. The summed E-state index contributed by atoms with van der Waals surface area (Å²) in [6.45, 7) is 9.23. The standard InChI is InChI=1S/C21H32N6O/c1-13(2)16-9-7-10-17(14(3)4)19(16)23-21(28)22-12-15-8-6-11-18(15)20-24-26-27(5)25-20/h7,9-10,13-15,18H,6,8,11-12H2,1-5H3,(H2,22,23,28). The van der Waals surface area contributed by atoms with Gasteiger partial charge in [0.1, 0.15) is 0 Å². The van der Waals surface area contributed by atoms with Gasteiger partial charge >= 0.3 is 6.03 Å². The molecule has 1 aromatic heterocycles. The number of tetrazole rings is 1. The highest BCUT2D eigenvalue weighted by Crippen LogP contribution is 2.37. The average molecular weight is 385 g/mol. The number of benzene rings is 1. The zero-order valence-electron chi connectivity index (χ0n) is 17.6. The zero-order valence-corrected chi connectivity index (χ0v) is 17.6. The third kappa shape index (κ3) is 4.51. The summed E-state index contributed by atoms with van der Waals surface area (Å²) >= 11 is 0. The van der Waals surface area contributed by atoms with Crippen molar-refractivity contribution in [3.8, 4) is 0 Å². The van der Waals surface area contributed by atoms with E-state index in [1.165, 1.54) is 15.9 Å². The molecule has 1 aromatic carbocycles. The molecule has 1 fully saturated rings. The van der Waals surface area contributed by atoms with Gasteiger partial charge in [-0.05, 0) is 46.9 Å². The van der Waals surface area contributed by atoms with Crippen molar-refractivity contribution in [3.63, 3.8) is 0 Å². The SMILES string of the molecule is CC(C)c1cccc(C(C)C)c1NC(=O)NCC1CCCC1c1nnn(C)n1. The fourth-order valence-corrected chi connectivity index (χ4v) is 4.15. The number of urea groups is 1. The van der Waals surface area contributed by atoms with Crippen LogP contribution in [0.25, 0.3) is 0 Å². The van der Waals surface area contributed by atoms with E-state index in [0.29, 0.717) is 24.3 Å². The first-order valence-electron chi connectivity index (χ1n) is 10.3. The summed E-state index contributed by atoms with van der Waals surface area (Å²) in [7, 11) is 1.78. The van der Waals surface area contributed by atoms with Crippen LogP contribution in [-0.4, -0.2) is 32.8 Å². The van der Waals surface area contributed by atoms with Crippen molar-refractivity contribution in [2.45, 2.75) is 64.7 Å². The number of hydrogen-bond acceptors (Lipinski definition) is 4. The molecule has 0 spiro atoms. The van der Waals surface area contributed by atoms with E-state index in [-0.39, 0.29) is 11.9 Å². The summed E-state index contributed by atoms with van der Waals surface area (Å²) < 4.78 is 0. The summed E-state index contributed by atoms with van der Waals surface area (Å²) in [5, 5.41) is 18.7. The van der Waals surface area contributed by atoms with E-state index in [2.05, 4.69) is 71.9 Å². The van der Waals surface area contributed by atoms with Gasteiger partial charge < -0.3 is 10.6 Å². The topological polar surface area (TPSA) is 84.7 Å². The van der Waals surface area contributed by atoms with Gasteiger partial charge in [0.25, 0.3) is 0 Å². The second kappa shape index (κ2) is 8.71. The van der Waals surface area contributed by atoms with Crippen molar-refractivity contribution in [2.75, 3.05) is 11.9 Å². The minimum absolute atomic E-state index is 0.146. The molecule has 2 aromatic rings. The molecule has 0 radical (unpaired) electrons. The van der Waals surface area contributed by atoms with E-state index >= 15 is 0 Å². The number of anilines is 1. The number of aromatic nitrogens is 4. The van der Waals surface area contributed by atoms with Gasteiger partial charge in [0.2, 0.25) is 0 Å². The first kappa shape index (κ1) is 20.3. The van der Waals surface area contributed by atoms with Gasteiger partial charge in [0.05, 0.1) is 7.05 Å². The van der Waals surface area contributed by atoms with Crippen LogP contribution in [0.3, 0.4) is 0 Å². The molecule has 1 aliphatic carbocycles. The van der Waals surface area contributed by atoms with Crippen molar-refractivity contribution < 1.29 is 4.79 Å². The van der Waals surface area contributed by atoms with Gasteiger partial charge in [-0.15, -0.1) is 10.2 Å². The third-order valence-electron chi connectivity index (χ3n) is 5.65. The van der Waals surface area contributed by atoms with E-state index < -0.39 is 0 Å². The average Bonchev–Trinajstić information content (AvgIpc) is 3.28. The molecule has 0 aliphatic heterocycles. The summed E-state index contributed by atoms with van der Waals surface area (Å²) in [6, 6.07) is 6.12. The van der Waals surface area contributed by atoms with Crippen LogP contribution in [0.1, 0.15) is 81.7 Å². The smallest absolute Gasteiger partial charge is 0.319 e. The Bertz CT molecular complexity index is 787. The highest BCUT2D eigenvalue weighted by Gasteiger charge is 2.32. The molecule has 28 heavy (non-hydrogen) atoms. The molecule has 2 amide bonds. The highest BCUT2D eigenvalue weighted by molar-refractivity contribution is 5.91. The molecule has 1 heterocycles. The Labute approximate surface area is 167 Å².